The summed E-state index contributed by atoms with van der Waals surface area (Å²) in [6, 6.07) is 6.22. The van der Waals surface area contributed by atoms with Crippen LogP contribution in [0.25, 0.3) is 0 Å². The largest absolute Gasteiger partial charge is 0.370 e. The van der Waals surface area contributed by atoms with E-state index in [0.29, 0.717) is 12.5 Å². The minimum Gasteiger partial charge on any atom is -0.370 e. The van der Waals surface area contributed by atoms with E-state index in [-0.39, 0.29) is 0 Å². The number of nitrogens with two attached hydrogens (primary N) is 1. The Morgan fingerprint density at radius 3 is 2.53 bits per heavy atom. The standard InChI is InChI=1S/C14H18N4S/c1-9-4-10(2)6-12(5-9)18-14(15)17-8-13-7-16-11(3)19-13/h4-7H,8H2,1-3H3,(H3,15,17,18). The number of nitrogens with zero attached hydrogens (tertiary/aromatic N) is 2. The number of aliphatic imine (C=N–C) groups is 1. The second-order valence-electron chi connectivity index (χ2n) is 4.55. The van der Waals surface area contributed by atoms with Gasteiger partial charge in [-0.15, -0.1) is 11.3 Å². The highest BCUT2D eigenvalue weighted by Crippen LogP contribution is 2.14. The first-order valence-electron chi connectivity index (χ1n) is 6.09. The highest BCUT2D eigenvalue weighted by molar-refractivity contribution is 7.11. The Labute approximate surface area is 117 Å². The number of rotatable bonds is 3. The van der Waals surface area contributed by atoms with Gasteiger partial charge >= 0.3 is 0 Å². The summed E-state index contributed by atoms with van der Waals surface area (Å²) in [5.41, 5.74) is 9.26. The minimum atomic E-state index is 0.427. The topological polar surface area (TPSA) is 63.3 Å². The monoisotopic (exact) mass is 274 g/mol. The van der Waals surface area contributed by atoms with Crippen molar-refractivity contribution in [3.63, 3.8) is 0 Å². The Morgan fingerprint density at radius 1 is 1.26 bits per heavy atom. The van der Waals surface area contributed by atoms with Gasteiger partial charge in [0.25, 0.3) is 0 Å². The first kappa shape index (κ1) is 13.5. The SMILES string of the molecule is Cc1cc(C)cc(NC(N)=NCc2cnc(C)s2)c1. The van der Waals surface area contributed by atoms with E-state index in [0.717, 1.165) is 15.6 Å². The third-order valence-corrected chi connectivity index (χ3v) is 3.47. The van der Waals surface area contributed by atoms with Gasteiger partial charge in [0, 0.05) is 16.8 Å². The number of guanidine groups is 1. The molecule has 19 heavy (non-hydrogen) atoms. The molecule has 5 heteroatoms. The van der Waals surface area contributed by atoms with Crippen LogP contribution in [0.4, 0.5) is 5.69 Å². The van der Waals surface area contributed by atoms with Crippen LogP contribution < -0.4 is 11.1 Å². The highest BCUT2D eigenvalue weighted by Gasteiger charge is 1.99. The van der Waals surface area contributed by atoms with Crippen molar-refractivity contribution >= 4 is 23.0 Å². The van der Waals surface area contributed by atoms with Gasteiger partial charge in [0.05, 0.1) is 11.6 Å². The average Bonchev–Trinajstić information content (AvgIpc) is 2.71. The van der Waals surface area contributed by atoms with Gasteiger partial charge in [-0.1, -0.05) is 6.07 Å². The van der Waals surface area contributed by atoms with E-state index in [9.17, 15) is 0 Å². The molecule has 0 amide bonds. The van der Waals surface area contributed by atoms with Crippen molar-refractivity contribution in [3.05, 3.63) is 45.4 Å². The molecule has 0 aliphatic rings. The lowest BCUT2D eigenvalue weighted by atomic mass is 10.1. The second-order valence-corrected chi connectivity index (χ2v) is 5.87. The Bertz CT molecular complexity index is 581. The Hall–Kier alpha value is -1.88. The third-order valence-electron chi connectivity index (χ3n) is 2.57. The molecule has 0 spiro atoms. The Morgan fingerprint density at radius 2 is 1.95 bits per heavy atom. The van der Waals surface area contributed by atoms with Gasteiger partial charge in [-0.2, -0.15) is 0 Å². The van der Waals surface area contributed by atoms with E-state index >= 15 is 0 Å². The number of hydrogen-bond donors (Lipinski definition) is 2. The number of thiazole rings is 1. The van der Waals surface area contributed by atoms with Crippen LogP contribution in [0.5, 0.6) is 0 Å². The van der Waals surface area contributed by atoms with Gasteiger partial charge in [0.2, 0.25) is 0 Å². The van der Waals surface area contributed by atoms with Crippen LogP contribution in [0.15, 0.2) is 29.4 Å². The maximum atomic E-state index is 5.88. The summed E-state index contributed by atoms with van der Waals surface area (Å²) in [5, 5.41) is 4.16. The van der Waals surface area contributed by atoms with Crippen LogP contribution in [0.3, 0.4) is 0 Å². The Balaban J connectivity index is 2.01. The maximum absolute atomic E-state index is 5.88. The van der Waals surface area contributed by atoms with Gasteiger partial charge in [-0.25, -0.2) is 9.98 Å². The molecule has 1 aromatic heterocycles. The van der Waals surface area contributed by atoms with Crippen molar-refractivity contribution in [1.29, 1.82) is 0 Å². The van der Waals surface area contributed by atoms with E-state index in [1.54, 1.807) is 11.3 Å². The van der Waals surface area contributed by atoms with Crippen molar-refractivity contribution in [1.82, 2.24) is 4.98 Å². The molecule has 0 atom stereocenters. The lowest BCUT2D eigenvalue weighted by molar-refractivity contribution is 1.08. The number of hydrogen-bond acceptors (Lipinski definition) is 3. The predicted molar refractivity (Wildman–Crippen MR) is 81.7 cm³/mol. The average molecular weight is 274 g/mol. The fraction of sp³-hybridized carbons (Fsp3) is 0.286. The van der Waals surface area contributed by atoms with Gasteiger partial charge in [0.15, 0.2) is 5.96 Å². The molecule has 3 N–H and O–H groups in total. The number of aryl methyl sites for hydroxylation is 3. The van der Waals surface area contributed by atoms with Crippen molar-refractivity contribution in [2.45, 2.75) is 27.3 Å². The first-order valence-corrected chi connectivity index (χ1v) is 6.91. The van der Waals surface area contributed by atoms with Crippen LogP contribution in [-0.2, 0) is 6.54 Å². The summed E-state index contributed by atoms with van der Waals surface area (Å²) in [4.78, 5) is 9.62. The number of anilines is 1. The predicted octanol–water partition coefficient (Wildman–Crippen LogP) is 3.00. The molecule has 0 saturated heterocycles. The van der Waals surface area contributed by atoms with E-state index in [1.807, 2.05) is 25.3 Å². The molecule has 0 aliphatic heterocycles. The van der Waals surface area contributed by atoms with Crippen LogP contribution in [0.1, 0.15) is 21.0 Å². The number of benzene rings is 1. The lowest BCUT2D eigenvalue weighted by Crippen LogP contribution is -2.22. The van der Waals surface area contributed by atoms with Gasteiger partial charge < -0.3 is 11.1 Å². The summed E-state index contributed by atoms with van der Waals surface area (Å²) >= 11 is 1.64. The molecule has 2 aromatic rings. The lowest BCUT2D eigenvalue weighted by Gasteiger charge is -2.07. The van der Waals surface area contributed by atoms with Crippen molar-refractivity contribution in [2.24, 2.45) is 10.7 Å². The zero-order valence-electron chi connectivity index (χ0n) is 11.4. The molecule has 0 saturated carbocycles. The molecular formula is C14H18N4S. The van der Waals surface area contributed by atoms with Crippen molar-refractivity contribution in [2.75, 3.05) is 5.32 Å². The van der Waals surface area contributed by atoms with Crippen molar-refractivity contribution in [3.8, 4) is 0 Å². The molecule has 0 aliphatic carbocycles. The zero-order chi connectivity index (χ0) is 13.8. The summed E-state index contributed by atoms with van der Waals surface area (Å²) in [6.45, 7) is 6.67. The molecule has 100 valence electrons. The third kappa shape index (κ3) is 4.06. The highest BCUT2D eigenvalue weighted by atomic mass is 32.1. The van der Waals surface area contributed by atoms with Crippen LogP contribution in [0, 0.1) is 20.8 Å². The molecule has 1 aromatic carbocycles. The molecule has 4 nitrogen and oxygen atoms in total. The van der Waals surface area contributed by atoms with E-state index < -0.39 is 0 Å². The Kier molecular flexibility index (Phi) is 4.16. The van der Waals surface area contributed by atoms with Crippen LogP contribution in [0.2, 0.25) is 0 Å². The summed E-state index contributed by atoms with van der Waals surface area (Å²) < 4.78 is 0. The molecule has 1 heterocycles. The molecule has 0 radical (unpaired) electrons. The molecule has 2 rings (SSSR count). The fourth-order valence-corrected chi connectivity index (χ4v) is 2.60. The smallest absolute Gasteiger partial charge is 0.193 e. The summed E-state index contributed by atoms with van der Waals surface area (Å²) in [6.07, 6.45) is 1.84. The quantitative estimate of drug-likeness (QED) is 0.668. The molecule has 0 unspecified atom stereocenters. The molecular weight excluding hydrogens is 256 g/mol. The van der Waals surface area contributed by atoms with E-state index in [1.165, 1.54) is 11.1 Å². The van der Waals surface area contributed by atoms with Crippen LogP contribution >= 0.6 is 11.3 Å². The van der Waals surface area contributed by atoms with E-state index in [4.69, 9.17) is 5.73 Å². The van der Waals surface area contributed by atoms with Gasteiger partial charge in [0.1, 0.15) is 0 Å². The maximum Gasteiger partial charge on any atom is 0.193 e. The molecule has 0 bridgehead atoms. The summed E-state index contributed by atoms with van der Waals surface area (Å²) in [5.74, 6) is 0.427. The van der Waals surface area contributed by atoms with E-state index in [2.05, 4.69) is 35.2 Å². The second kappa shape index (κ2) is 5.84. The van der Waals surface area contributed by atoms with Crippen molar-refractivity contribution < 1.29 is 0 Å². The van der Waals surface area contributed by atoms with Crippen LogP contribution in [-0.4, -0.2) is 10.9 Å². The number of aromatic nitrogens is 1. The molecule has 0 fully saturated rings. The zero-order valence-corrected chi connectivity index (χ0v) is 12.2. The number of nitrogens with one attached hydrogen (secondary N) is 1. The normalized spacial score (nSPS) is 11.6. The minimum absolute atomic E-state index is 0.427. The van der Waals surface area contributed by atoms with Gasteiger partial charge in [-0.05, 0) is 44.0 Å². The summed E-state index contributed by atoms with van der Waals surface area (Å²) in [7, 11) is 0. The first-order chi connectivity index (χ1) is 9.02. The fourth-order valence-electron chi connectivity index (χ4n) is 1.88. The van der Waals surface area contributed by atoms with Gasteiger partial charge in [-0.3, -0.25) is 0 Å².